The van der Waals surface area contributed by atoms with E-state index in [0.29, 0.717) is 18.6 Å². The van der Waals surface area contributed by atoms with Gasteiger partial charge < -0.3 is 14.6 Å². The SMILES string of the molecule is CC/C=C\C/C=C\C/C=C\C/C=C\C/C=C\CCCCOC(CC)C(=O)Cc1ccc(O)c(C(=O)OC)c1. The number of phenolic OH excluding ortho intramolecular Hbond substituents is 1. The molecule has 0 aliphatic heterocycles. The highest BCUT2D eigenvalue weighted by atomic mass is 16.5. The molecule has 38 heavy (non-hydrogen) atoms. The van der Waals surface area contributed by atoms with Crippen LogP contribution in [0, 0.1) is 0 Å². The van der Waals surface area contributed by atoms with E-state index >= 15 is 0 Å². The zero-order chi connectivity index (χ0) is 27.8. The lowest BCUT2D eigenvalue weighted by Crippen LogP contribution is -2.25. The van der Waals surface area contributed by atoms with Gasteiger partial charge in [-0.3, -0.25) is 4.79 Å². The molecule has 1 aromatic carbocycles. The Kier molecular flexibility index (Phi) is 18.9. The number of unbranched alkanes of at least 4 members (excludes halogenated alkanes) is 2. The summed E-state index contributed by atoms with van der Waals surface area (Å²) < 4.78 is 10.5. The fourth-order valence-electron chi connectivity index (χ4n) is 3.68. The highest BCUT2D eigenvalue weighted by Gasteiger charge is 2.19. The maximum absolute atomic E-state index is 12.7. The van der Waals surface area contributed by atoms with Crippen LogP contribution in [-0.2, 0) is 20.7 Å². The van der Waals surface area contributed by atoms with Gasteiger partial charge in [0.25, 0.3) is 0 Å². The molecule has 1 aromatic rings. The monoisotopic (exact) mass is 522 g/mol. The Labute approximate surface area is 229 Å². The van der Waals surface area contributed by atoms with Crippen molar-refractivity contribution in [2.45, 2.75) is 84.2 Å². The Morgan fingerprint density at radius 3 is 1.97 bits per heavy atom. The van der Waals surface area contributed by atoms with E-state index in [-0.39, 0.29) is 23.5 Å². The molecular formula is C33H46O5. The molecule has 0 saturated carbocycles. The average molecular weight is 523 g/mol. The maximum Gasteiger partial charge on any atom is 0.341 e. The minimum atomic E-state index is -0.632. The van der Waals surface area contributed by atoms with Crippen molar-refractivity contribution >= 4 is 11.8 Å². The van der Waals surface area contributed by atoms with Gasteiger partial charge in [-0.05, 0) is 75.5 Å². The average Bonchev–Trinajstić information content (AvgIpc) is 2.92. The predicted molar refractivity (Wildman–Crippen MR) is 156 cm³/mol. The lowest BCUT2D eigenvalue weighted by Gasteiger charge is -2.15. The zero-order valence-corrected chi connectivity index (χ0v) is 23.4. The van der Waals surface area contributed by atoms with Crippen LogP contribution < -0.4 is 0 Å². The summed E-state index contributed by atoms with van der Waals surface area (Å²) in [5, 5.41) is 9.83. The number of hydrogen-bond acceptors (Lipinski definition) is 5. The third kappa shape index (κ3) is 15.2. The molecule has 0 saturated heterocycles. The van der Waals surface area contributed by atoms with E-state index in [1.165, 1.54) is 19.2 Å². The summed E-state index contributed by atoms with van der Waals surface area (Å²) in [5.74, 6) is -0.830. The largest absolute Gasteiger partial charge is 0.507 e. The van der Waals surface area contributed by atoms with Gasteiger partial charge in [0, 0.05) is 13.0 Å². The van der Waals surface area contributed by atoms with E-state index in [1.807, 2.05) is 6.92 Å². The third-order valence-electron chi connectivity index (χ3n) is 5.82. The summed E-state index contributed by atoms with van der Waals surface area (Å²) in [6.07, 6.45) is 30.1. The number of hydrogen-bond donors (Lipinski definition) is 1. The van der Waals surface area contributed by atoms with Crippen molar-refractivity contribution in [3.63, 3.8) is 0 Å². The van der Waals surface area contributed by atoms with Crippen LogP contribution in [0.4, 0.5) is 0 Å². The van der Waals surface area contributed by atoms with Gasteiger partial charge >= 0.3 is 5.97 Å². The number of aromatic hydroxyl groups is 1. The number of Topliss-reactive ketones (excluding diaryl/α,β-unsaturated/α-hetero) is 1. The molecule has 5 heteroatoms. The molecule has 1 N–H and O–H groups in total. The number of ether oxygens (including phenoxy) is 2. The van der Waals surface area contributed by atoms with Crippen LogP contribution >= 0.6 is 0 Å². The molecule has 0 heterocycles. The minimum absolute atomic E-state index is 0.0353. The standard InChI is InChI=1S/C33H46O5/c1-4-6-7-8-9-10-11-12-13-14-15-16-17-18-19-20-21-22-25-38-32(5-2)31(35)27-28-23-24-30(34)29(26-28)33(36)37-3/h6-7,9-10,12-13,15-16,18-19,23-24,26,32,34H,4-5,8,11,14,17,20-22,25,27H2,1-3H3/b7-6-,10-9-,13-12-,16-15-,19-18-. The number of phenols is 1. The van der Waals surface area contributed by atoms with Crippen molar-refractivity contribution in [3.05, 3.63) is 90.1 Å². The van der Waals surface area contributed by atoms with Gasteiger partial charge in [-0.1, -0.05) is 80.7 Å². The van der Waals surface area contributed by atoms with Gasteiger partial charge in [0.15, 0.2) is 5.78 Å². The number of ketones is 1. The van der Waals surface area contributed by atoms with Crippen molar-refractivity contribution in [1.29, 1.82) is 0 Å². The molecule has 5 nitrogen and oxygen atoms in total. The van der Waals surface area contributed by atoms with Gasteiger partial charge in [-0.2, -0.15) is 0 Å². The molecule has 0 amide bonds. The highest BCUT2D eigenvalue weighted by molar-refractivity contribution is 5.93. The molecule has 0 bridgehead atoms. The molecule has 0 aliphatic rings. The van der Waals surface area contributed by atoms with Crippen LogP contribution in [0.25, 0.3) is 0 Å². The molecule has 0 aromatic heterocycles. The summed E-state index contributed by atoms with van der Waals surface area (Å²) in [7, 11) is 1.25. The summed E-state index contributed by atoms with van der Waals surface area (Å²) in [4.78, 5) is 24.4. The third-order valence-corrected chi connectivity index (χ3v) is 5.82. The molecular weight excluding hydrogens is 476 g/mol. The Morgan fingerprint density at radius 1 is 0.842 bits per heavy atom. The van der Waals surface area contributed by atoms with E-state index in [1.54, 1.807) is 6.07 Å². The zero-order valence-electron chi connectivity index (χ0n) is 23.4. The van der Waals surface area contributed by atoms with Crippen LogP contribution in [0.2, 0.25) is 0 Å². The van der Waals surface area contributed by atoms with E-state index in [9.17, 15) is 14.7 Å². The molecule has 0 aliphatic carbocycles. The van der Waals surface area contributed by atoms with Crippen LogP contribution in [0.5, 0.6) is 5.75 Å². The molecule has 0 radical (unpaired) electrons. The second-order valence-electron chi connectivity index (χ2n) is 8.96. The predicted octanol–water partition coefficient (Wildman–Crippen LogP) is 8.01. The first-order valence-electron chi connectivity index (χ1n) is 13.8. The topological polar surface area (TPSA) is 72.8 Å². The fourth-order valence-corrected chi connectivity index (χ4v) is 3.68. The van der Waals surface area contributed by atoms with Crippen molar-refractivity contribution in [2.24, 2.45) is 0 Å². The first-order chi connectivity index (χ1) is 18.5. The number of allylic oxidation sites excluding steroid dienone is 10. The molecule has 1 unspecified atom stereocenters. The van der Waals surface area contributed by atoms with Crippen molar-refractivity contribution in [2.75, 3.05) is 13.7 Å². The van der Waals surface area contributed by atoms with Crippen LogP contribution in [0.1, 0.15) is 87.6 Å². The number of methoxy groups -OCH3 is 1. The molecule has 0 spiro atoms. The quantitative estimate of drug-likeness (QED) is 0.107. The van der Waals surface area contributed by atoms with Gasteiger partial charge in [0.05, 0.1) is 7.11 Å². The van der Waals surface area contributed by atoms with Crippen molar-refractivity contribution in [1.82, 2.24) is 0 Å². The number of benzene rings is 1. The van der Waals surface area contributed by atoms with E-state index in [4.69, 9.17) is 4.74 Å². The Hall–Kier alpha value is -3.18. The normalized spacial score (nSPS) is 13.0. The summed E-state index contributed by atoms with van der Waals surface area (Å²) >= 11 is 0. The second-order valence-corrected chi connectivity index (χ2v) is 8.96. The van der Waals surface area contributed by atoms with Crippen molar-refractivity contribution in [3.8, 4) is 5.75 Å². The van der Waals surface area contributed by atoms with Gasteiger partial charge in [-0.15, -0.1) is 0 Å². The van der Waals surface area contributed by atoms with Crippen LogP contribution in [0.15, 0.2) is 79.0 Å². The molecule has 1 atom stereocenters. The Morgan fingerprint density at radius 2 is 1.42 bits per heavy atom. The lowest BCUT2D eigenvalue weighted by atomic mass is 10.0. The van der Waals surface area contributed by atoms with Gasteiger partial charge in [0.2, 0.25) is 0 Å². The lowest BCUT2D eigenvalue weighted by molar-refractivity contribution is -0.130. The smallest absolute Gasteiger partial charge is 0.341 e. The summed E-state index contributed by atoms with van der Waals surface area (Å²) in [5.41, 5.74) is 0.704. The maximum atomic E-state index is 12.7. The number of carbonyl (C=O) groups is 2. The second kappa shape index (κ2) is 21.9. The summed E-state index contributed by atoms with van der Waals surface area (Å²) in [6.45, 7) is 4.61. The minimum Gasteiger partial charge on any atom is -0.507 e. The van der Waals surface area contributed by atoms with Crippen molar-refractivity contribution < 1.29 is 24.2 Å². The first-order valence-corrected chi connectivity index (χ1v) is 13.8. The fraction of sp³-hybridized carbons (Fsp3) is 0.455. The summed E-state index contributed by atoms with van der Waals surface area (Å²) in [6, 6.07) is 4.54. The molecule has 1 rings (SSSR count). The Balaban J connectivity index is 2.18. The van der Waals surface area contributed by atoms with Crippen LogP contribution in [0.3, 0.4) is 0 Å². The number of carbonyl (C=O) groups excluding carboxylic acids is 2. The van der Waals surface area contributed by atoms with E-state index in [2.05, 4.69) is 72.4 Å². The van der Waals surface area contributed by atoms with Gasteiger partial charge in [-0.25, -0.2) is 4.79 Å². The molecule has 208 valence electrons. The van der Waals surface area contributed by atoms with E-state index in [0.717, 1.165) is 51.4 Å². The number of rotatable bonds is 20. The Bertz CT molecular complexity index is 952. The first kappa shape index (κ1) is 32.8. The number of esters is 1. The van der Waals surface area contributed by atoms with E-state index < -0.39 is 12.1 Å². The highest BCUT2D eigenvalue weighted by Crippen LogP contribution is 2.20. The van der Waals surface area contributed by atoms with Crippen LogP contribution in [-0.4, -0.2) is 36.7 Å². The molecule has 0 fully saturated rings. The van der Waals surface area contributed by atoms with Gasteiger partial charge in [0.1, 0.15) is 17.4 Å².